The number of benzene rings is 1. The third-order valence-corrected chi connectivity index (χ3v) is 2.70. The van der Waals surface area contributed by atoms with Gasteiger partial charge in [0.15, 0.2) is 6.10 Å². The molecule has 0 aromatic heterocycles. The van der Waals surface area contributed by atoms with E-state index < -0.39 is 0 Å². The van der Waals surface area contributed by atoms with E-state index in [4.69, 9.17) is 21.1 Å². The lowest BCUT2D eigenvalue weighted by Crippen LogP contribution is -2.19. The summed E-state index contributed by atoms with van der Waals surface area (Å²) in [6, 6.07) is 5.12. The molecule has 1 amide bonds. The predicted molar refractivity (Wildman–Crippen MR) is 65.6 cm³/mol. The number of carbonyl (C=O) groups excluding carboxylic acids is 1. The molecule has 0 aliphatic carbocycles. The third kappa shape index (κ3) is 2.90. The number of epoxide rings is 1. The van der Waals surface area contributed by atoms with Crippen molar-refractivity contribution in [3.63, 3.8) is 0 Å². The second-order valence-electron chi connectivity index (χ2n) is 3.82. The lowest BCUT2D eigenvalue weighted by Gasteiger charge is -2.11. The van der Waals surface area contributed by atoms with Crippen molar-refractivity contribution in [1.29, 1.82) is 0 Å². The largest absolute Gasteiger partial charge is 0.492 e. The van der Waals surface area contributed by atoms with Crippen molar-refractivity contribution in [3.8, 4) is 5.75 Å². The van der Waals surface area contributed by atoms with Crippen molar-refractivity contribution in [3.05, 3.63) is 23.2 Å². The van der Waals surface area contributed by atoms with Crippen LogP contribution in [-0.2, 0) is 9.53 Å². The van der Waals surface area contributed by atoms with Gasteiger partial charge in [0.2, 0.25) is 0 Å². The summed E-state index contributed by atoms with van der Waals surface area (Å²) in [5.41, 5.74) is 0.576. The van der Waals surface area contributed by atoms with Crippen molar-refractivity contribution in [2.45, 2.75) is 26.1 Å². The Morgan fingerprint density at radius 2 is 2.29 bits per heavy atom. The minimum atomic E-state index is -0.358. The van der Waals surface area contributed by atoms with Gasteiger partial charge in [0.25, 0.3) is 5.91 Å². The highest BCUT2D eigenvalue weighted by atomic mass is 35.5. The molecule has 4 nitrogen and oxygen atoms in total. The SMILES string of the molecule is CCOc1ccc(Cl)cc1NC(=O)[C@@H]1O[C@H]1C. The van der Waals surface area contributed by atoms with Crippen LogP contribution >= 0.6 is 11.6 Å². The molecule has 1 aliphatic rings. The Balaban J connectivity index is 2.12. The van der Waals surface area contributed by atoms with E-state index in [-0.39, 0.29) is 18.1 Å². The molecule has 1 saturated heterocycles. The number of rotatable bonds is 4. The molecular weight excluding hydrogens is 242 g/mol. The van der Waals surface area contributed by atoms with Crippen molar-refractivity contribution in [1.82, 2.24) is 0 Å². The number of hydrogen-bond acceptors (Lipinski definition) is 3. The second kappa shape index (κ2) is 4.94. The van der Waals surface area contributed by atoms with E-state index in [9.17, 15) is 4.79 Å². The van der Waals surface area contributed by atoms with E-state index in [0.29, 0.717) is 23.1 Å². The molecule has 0 bridgehead atoms. The maximum atomic E-state index is 11.7. The number of amides is 1. The Morgan fingerprint density at radius 1 is 1.59 bits per heavy atom. The van der Waals surface area contributed by atoms with Crippen LogP contribution in [-0.4, -0.2) is 24.7 Å². The maximum absolute atomic E-state index is 11.7. The summed E-state index contributed by atoms with van der Waals surface area (Å²) in [6.45, 7) is 4.26. The summed E-state index contributed by atoms with van der Waals surface area (Å²) in [6.07, 6.45) is -0.367. The van der Waals surface area contributed by atoms with Gasteiger partial charge in [-0.15, -0.1) is 0 Å². The number of anilines is 1. The zero-order chi connectivity index (χ0) is 12.4. The Kier molecular flexibility index (Phi) is 3.54. The summed E-state index contributed by atoms with van der Waals surface area (Å²) in [7, 11) is 0. The summed E-state index contributed by atoms with van der Waals surface area (Å²) >= 11 is 5.89. The van der Waals surface area contributed by atoms with Gasteiger partial charge in [-0.2, -0.15) is 0 Å². The molecular formula is C12H14ClNO3. The Bertz CT molecular complexity index is 436. The second-order valence-corrected chi connectivity index (χ2v) is 4.26. The van der Waals surface area contributed by atoms with Gasteiger partial charge in [-0.3, -0.25) is 4.79 Å². The highest BCUT2D eigenvalue weighted by Crippen LogP contribution is 2.30. The molecule has 1 heterocycles. The average Bonchev–Trinajstić information content (AvgIpc) is 3.00. The molecule has 1 aliphatic heterocycles. The molecule has 0 spiro atoms. The van der Waals surface area contributed by atoms with Crippen molar-refractivity contribution >= 4 is 23.2 Å². The first-order chi connectivity index (χ1) is 8.11. The average molecular weight is 256 g/mol. The van der Waals surface area contributed by atoms with E-state index in [2.05, 4.69) is 5.32 Å². The molecule has 92 valence electrons. The van der Waals surface area contributed by atoms with Gasteiger partial charge in [-0.25, -0.2) is 0 Å². The highest BCUT2D eigenvalue weighted by molar-refractivity contribution is 6.31. The number of halogens is 1. The molecule has 1 aromatic carbocycles. The zero-order valence-electron chi connectivity index (χ0n) is 9.70. The fourth-order valence-electron chi connectivity index (χ4n) is 1.55. The minimum absolute atomic E-state index is 0.00951. The van der Waals surface area contributed by atoms with Crippen LogP contribution in [0.5, 0.6) is 5.75 Å². The lowest BCUT2D eigenvalue weighted by atomic mass is 10.2. The smallest absolute Gasteiger partial charge is 0.256 e. The van der Waals surface area contributed by atoms with Crippen LogP contribution in [0.1, 0.15) is 13.8 Å². The molecule has 0 saturated carbocycles. The topological polar surface area (TPSA) is 50.9 Å². The van der Waals surface area contributed by atoms with Gasteiger partial charge in [-0.1, -0.05) is 11.6 Å². The molecule has 2 atom stereocenters. The zero-order valence-corrected chi connectivity index (χ0v) is 10.5. The first-order valence-electron chi connectivity index (χ1n) is 5.50. The van der Waals surface area contributed by atoms with Crippen LogP contribution in [0.3, 0.4) is 0 Å². The van der Waals surface area contributed by atoms with Crippen LogP contribution in [0, 0.1) is 0 Å². The van der Waals surface area contributed by atoms with Gasteiger partial charge < -0.3 is 14.8 Å². The monoisotopic (exact) mass is 255 g/mol. The summed E-state index contributed by atoms with van der Waals surface area (Å²) in [4.78, 5) is 11.7. The van der Waals surface area contributed by atoms with Gasteiger partial charge in [0, 0.05) is 5.02 Å². The molecule has 1 aromatic rings. The third-order valence-electron chi connectivity index (χ3n) is 2.47. The Morgan fingerprint density at radius 3 is 2.88 bits per heavy atom. The van der Waals surface area contributed by atoms with Gasteiger partial charge in [0.05, 0.1) is 18.4 Å². The number of ether oxygens (including phenoxy) is 2. The van der Waals surface area contributed by atoms with E-state index in [1.54, 1.807) is 18.2 Å². The minimum Gasteiger partial charge on any atom is -0.492 e. The summed E-state index contributed by atoms with van der Waals surface area (Å²) < 4.78 is 10.5. The van der Waals surface area contributed by atoms with Crippen LogP contribution in [0.15, 0.2) is 18.2 Å². The summed E-state index contributed by atoms with van der Waals surface area (Å²) in [5, 5.41) is 3.30. The van der Waals surface area contributed by atoms with Crippen molar-refractivity contribution in [2.24, 2.45) is 0 Å². The van der Waals surface area contributed by atoms with E-state index in [1.807, 2.05) is 13.8 Å². The first kappa shape index (κ1) is 12.2. The molecule has 1 fully saturated rings. The Labute approximate surface area is 105 Å². The standard InChI is InChI=1S/C12H14ClNO3/c1-3-16-10-5-4-8(13)6-9(10)14-12(15)11-7(2)17-11/h4-7,11H,3H2,1-2H3,(H,14,15)/t7-,11+/m0/s1. The molecule has 1 N–H and O–H groups in total. The maximum Gasteiger partial charge on any atom is 0.256 e. The van der Waals surface area contributed by atoms with Crippen molar-refractivity contribution in [2.75, 3.05) is 11.9 Å². The fraction of sp³-hybridized carbons (Fsp3) is 0.417. The van der Waals surface area contributed by atoms with E-state index >= 15 is 0 Å². The summed E-state index contributed by atoms with van der Waals surface area (Å²) in [5.74, 6) is 0.444. The highest BCUT2D eigenvalue weighted by Gasteiger charge is 2.41. The molecule has 0 unspecified atom stereocenters. The van der Waals surface area contributed by atoms with E-state index in [1.165, 1.54) is 0 Å². The number of nitrogens with one attached hydrogen (secondary N) is 1. The first-order valence-corrected chi connectivity index (χ1v) is 5.88. The fourth-order valence-corrected chi connectivity index (χ4v) is 1.72. The van der Waals surface area contributed by atoms with Gasteiger partial charge in [-0.05, 0) is 32.0 Å². The van der Waals surface area contributed by atoms with Crippen LogP contribution in [0.2, 0.25) is 5.02 Å². The number of carbonyl (C=O) groups is 1. The normalized spacial score (nSPS) is 22.1. The van der Waals surface area contributed by atoms with E-state index in [0.717, 1.165) is 0 Å². The van der Waals surface area contributed by atoms with Crippen LogP contribution in [0.4, 0.5) is 5.69 Å². The molecule has 2 rings (SSSR count). The lowest BCUT2D eigenvalue weighted by molar-refractivity contribution is -0.117. The molecule has 17 heavy (non-hydrogen) atoms. The van der Waals surface area contributed by atoms with Gasteiger partial charge in [0.1, 0.15) is 5.75 Å². The number of hydrogen-bond donors (Lipinski definition) is 1. The molecule has 5 heteroatoms. The van der Waals surface area contributed by atoms with Gasteiger partial charge >= 0.3 is 0 Å². The quantitative estimate of drug-likeness (QED) is 0.841. The van der Waals surface area contributed by atoms with Crippen molar-refractivity contribution < 1.29 is 14.3 Å². The molecule has 0 radical (unpaired) electrons. The van der Waals surface area contributed by atoms with Crippen LogP contribution in [0.25, 0.3) is 0 Å². The van der Waals surface area contributed by atoms with Crippen LogP contribution < -0.4 is 10.1 Å². The Hall–Kier alpha value is -1.26. The predicted octanol–water partition coefficient (Wildman–Crippen LogP) is 2.46.